The van der Waals surface area contributed by atoms with Crippen LogP contribution in [-0.4, -0.2) is 17.5 Å². The Morgan fingerprint density at radius 2 is 1.78 bits per heavy atom. The van der Waals surface area contributed by atoms with E-state index in [1.807, 2.05) is 67.6 Å². The predicted octanol–water partition coefficient (Wildman–Crippen LogP) is 5.63. The highest BCUT2D eigenvalue weighted by Crippen LogP contribution is 2.28. The predicted molar refractivity (Wildman–Crippen MR) is 112 cm³/mol. The van der Waals surface area contributed by atoms with Crippen LogP contribution in [0.15, 0.2) is 72.8 Å². The zero-order valence-electron chi connectivity index (χ0n) is 14.9. The lowest BCUT2D eigenvalue weighted by atomic mass is 9.99. The Morgan fingerprint density at radius 1 is 1.04 bits per heavy atom. The minimum atomic E-state index is -0.0871. The summed E-state index contributed by atoms with van der Waals surface area (Å²) in [7, 11) is 0. The molecule has 3 rings (SSSR count). The highest BCUT2D eigenvalue weighted by molar-refractivity contribution is 6.35. The molecule has 3 aromatic rings. The van der Waals surface area contributed by atoms with E-state index in [1.54, 1.807) is 18.2 Å². The molecule has 0 bridgehead atoms. The minimum Gasteiger partial charge on any atom is -0.392 e. The number of halogens is 1. The first kappa shape index (κ1) is 18.9. The average Bonchev–Trinajstić information content (AvgIpc) is 2.67. The van der Waals surface area contributed by atoms with Crippen molar-refractivity contribution in [1.82, 2.24) is 0 Å². The second kappa shape index (κ2) is 8.67. The van der Waals surface area contributed by atoms with E-state index in [0.29, 0.717) is 16.1 Å². The van der Waals surface area contributed by atoms with Gasteiger partial charge in [-0.1, -0.05) is 66.2 Å². The SMILES string of the molecule is Cc1ccccc1C(=O)c1ccc(Nc2ccccc2/C=C/CO)cc1Cl. The van der Waals surface area contributed by atoms with Crippen molar-refractivity contribution in [3.05, 3.63) is 100 Å². The van der Waals surface area contributed by atoms with Crippen LogP contribution >= 0.6 is 11.6 Å². The second-order valence-electron chi connectivity index (χ2n) is 6.14. The van der Waals surface area contributed by atoms with Gasteiger partial charge in [-0.15, -0.1) is 0 Å². The van der Waals surface area contributed by atoms with Gasteiger partial charge in [0.15, 0.2) is 5.78 Å². The number of aryl methyl sites for hydroxylation is 1. The summed E-state index contributed by atoms with van der Waals surface area (Å²) in [5.41, 5.74) is 4.67. The third kappa shape index (κ3) is 4.45. The van der Waals surface area contributed by atoms with E-state index in [2.05, 4.69) is 5.32 Å². The van der Waals surface area contributed by atoms with Crippen LogP contribution in [0.25, 0.3) is 6.08 Å². The number of anilines is 2. The lowest BCUT2D eigenvalue weighted by Gasteiger charge is -2.12. The number of hydrogen-bond donors (Lipinski definition) is 2. The van der Waals surface area contributed by atoms with Gasteiger partial charge in [0.25, 0.3) is 0 Å². The molecule has 0 radical (unpaired) electrons. The number of carbonyl (C=O) groups excluding carboxylic acids is 1. The molecule has 27 heavy (non-hydrogen) atoms. The molecule has 0 saturated carbocycles. The van der Waals surface area contributed by atoms with Gasteiger partial charge in [-0.25, -0.2) is 0 Å². The number of para-hydroxylation sites is 1. The maximum absolute atomic E-state index is 12.8. The van der Waals surface area contributed by atoms with Crippen LogP contribution in [0.2, 0.25) is 5.02 Å². The molecule has 0 aliphatic rings. The van der Waals surface area contributed by atoms with Crippen LogP contribution in [0, 0.1) is 6.92 Å². The van der Waals surface area contributed by atoms with Crippen LogP contribution < -0.4 is 5.32 Å². The molecule has 0 aromatic heterocycles. The molecule has 0 unspecified atom stereocenters. The molecule has 0 fully saturated rings. The fourth-order valence-electron chi connectivity index (χ4n) is 2.84. The van der Waals surface area contributed by atoms with Gasteiger partial charge in [0.05, 0.1) is 11.6 Å². The van der Waals surface area contributed by atoms with E-state index in [9.17, 15) is 4.79 Å². The van der Waals surface area contributed by atoms with Gasteiger partial charge >= 0.3 is 0 Å². The van der Waals surface area contributed by atoms with E-state index in [0.717, 1.165) is 22.5 Å². The van der Waals surface area contributed by atoms with Gasteiger partial charge in [-0.05, 0) is 42.3 Å². The molecule has 4 heteroatoms. The number of rotatable bonds is 6. The van der Waals surface area contributed by atoms with E-state index >= 15 is 0 Å². The molecule has 0 heterocycles. The number of ketones is 1. The zero-order chi connectivity index (χ0) is 19.2. The fourth-order valence-corrected chi connectivity index (χ4v) is 3.11. The molecule has 0 spiro atoms. The van der Waals surface area contributed by atoms with Crippen molar-refractivity contribution in [3.63, 3.8) is 0 Å². The lowest BCUT2D eigenvalue weighted by Crippen LogP contribution is -2.04. The Bertz CT molecular complexity index is 995. The molecular weight excluding hydrogens is 358 g/mol. The number of hydrogen-bond acceptors (Lipinski definition) is 3. The standard InChI is InChI=1S/C23H20ClNO2/c1-16-7-2-4-10-19(16)23(27)20-13-12-18(15-21(20)24)25-22-11-5-3-8-17(22)9-6-14-26/h2-13,15,25-26H,14H2,1H3/b9-6+. The summed E-state index contributed by atoms with van der Waals surface area (Å²) >= 11 is 6.41. The van der Waals surface area contributed by atoms with Crippen molar-refractivity contribution in [3.8, 4) is 0 Å². The Balaban J connectivity index is 1.87. The maximum atomic E-state index is 12.8. The monoisotopic (exact) mass is 377 g/mol. The van der Waals surface area contributed by atoms with Crippen LogP contribution in [-0.2, 0) is 0 Å². The molecule has 3 nitrogen and oxygen atoms in total. The number of aliphatic hydroxyl groups is 1. The van der Waals surface area contributed by atoms with Crippen molar-refractivity contribution >= 4 is 34.8 Å². The molecule has 0 saturated heterocycles. The maximum Gasteiger partial charge on any atom is 0.194 e. The average molecular weight is 378 g/mol. The summed E-state index contributed by atoms with van der Waals surface area (Å²) in [6.07, 6.45) is 3.53. The van der Waals surface area contributed by atoms with Gasteiger partial charge in [-0.2, -0.15) is 0 Å². The Hall–Kier alpha value is -2.88. The molecular formula is C23H20ClNO2. The summed E-state index contributed by atoms with van der Waals surface area (Å²) in [4.78, 5) is 12.8. The van der Waals surface area contributed by atoms with E-state index in [1.165, 1.54) is 0 Å². The first-order valence-corrected chi connectivity index (χ1v) is 9.01. The molecule has 136 valence electrons. The molecule has 3 aromatic carbocycles. The summed E-state index contributed by atoms with van der Waals surface area (Å²) in [5.74, 6) is -0.0871. The molecule has 0 aliphatic heterocycles. The number of aliphatic hydroxyl groups excluding tert-OH is 1. The quantitative estimate of drug-likeness (QED) is 0.547. The van der Waals surface area contributed by atoms with E-state index in [4.69, 9.17) is 16.7 Å². The van der Waals surface area contributed by atoms with Crippen LogP contribution in [0.5, 0.6) is 0 Å². The van der Waals surface area contributed by atoms with Gasteiger partial charge in [0.1, 0.15) is 0 Å². The molecule has 0 amide bonds. The van der Waals surface area contributed by atoms with Crippen molar-refractivity contribution in [1.29, 1.82) is 0 Å². The zero-order valence-corrected chi connectivity index (χ0v) is 15.7. The Morgan fingerprint density at radius 3 is 2.52 bits per heavy atom. The minimum absolute atomic E-state index is 0.0180. The van der Waals surface area contributed by atoms with Gasteiger partial charge < -0.3 is 10.4 Å². The van der Waals surface area contributed by atoms with Crippen LogP contribution in [0.3, 0.4) is 0 Å². The summed E-state index contributed by atoms with van der Waals surface area (Å²) in [6.45, 7) is 1.89. The van der Waals surface area contributed by atoms with Gasteiger partial charge in [0, 0.05) is 22.5 Å². The second-order valence-corrected chi connectivity index (χ2v) is 6.54. The first-order chi connectivity index (χ1) is 13.1. The highest BCUT2D eigenvalue weighted by Gasteiger charge is 2.15. The number of carbonyl (C=O) groups is 1. The van der Waals surface area contributed by atoms with Crippen molar-refractivity contribution in [2.24, 2.45) is 0 Å². The smallest absolute Gasteiger partial charge is 0.194 e. The third-order valence-corrected chi connectivity index (χ3v) is 4.56. The van der Waals surface area contributed by atoms with Gasteiger partial charge in [0.2, 0.25) is 0 Å². The normalized spacial score (nSPS) is 10.9. The van der Waals surface area contributed by atoms with Crippen molar-refractivity contribution in [2.75, 3.05) is 11.9 Å². The topological polar surface area (TPSA) is 49.3 Å². The number of nitrogens with one attached hydrogen (secondary N) is 1. The lowest BCUT2D eigenvalue weighted by molar-refractivity contribution is 0.103. The largest absolute Gasteiger partial charge is 0.392 e. The molecule has 0 aliphatic carbocycles. The first-order valence-electron chi connectivity index (χ1n) is 8.63. The fraction of sp³-hybridized carbons (Fsp3) is 0.0870. The summed E-state index contributed by atoms with van der Waals surface area (Å²) in [6, 6.07) is 20.6. The van der Waals surface area contributed by atoms with Crippen LogP contribution in [0.4, 0.5) is 11.4 Å². The van der Waals surface area contributed by atoms with E-state index < -0.39 is 0 Å². The third-order valence-electron chi connectivity index (χ3n) is 4.25. The van der Waals surface area contributed by atoms with E-state index in [-0.39, 0.29) is 12.4 Å². The van der Waals surface area contributed by atoms with Crippen LogP contribution in [0.1, 0.15) is 27.0 Å². The van der Waals surface area contributed by atoms with Crippen molar-refractivity contribution in [2.45, 2.75) is 6.92 Å². The Kier molecular flexibility index (Phi) is 6.07. The summed E-state index contributed by atoms with van der Waals surface area (Å²) in [5, 5.41) is 12.7. The van der Waals surface area contributed by atoms with Gasteiger partial charge in [-0.3, -0.25) is 4.79 Å². The summed E-state index contributed by atoms with van der Waals surface area (Å²) < 4.78 is 0. The number of benzene rings is 3. The molecule has 2 N–H and O–H groups in total. The highest BCUT2D eigenvalue weighted by atomic mass is 35.5. The van der Waals surface area contributed by atoms with Crippen molar-refractivity contribution < 1.29 is 9.90 Å². The Labute approximate surface area is 163 Å². The molecule has 0 atom stereocenters.